The highest BCUT2D eigenvalue weighted by Gasteiger charge is 2.18. The number of piperidine rings is 1. The van der Waals surface area contributed by atoms with Crippen LogP contribution in [-0.4, -0.2) is 23.1 Å². The van der Waals surface area contributed by atoms with Crippen LogP contribution in [0.4, 0.5) is 0 Å². The molecule has 1 aromatic carbocycles. The Kier molecular flexibility index (Phi) is 4.39. The van der Waals surface area contributed by atoms with Crippen molar-refractivity contribution in [2.75, 3.05) is 13.1 Å². The van der Waals surface area contributed by atoms with Gasteiger partial charge in [0.2, 0.25) is 0 Å². The number of aromatic amines is 1. The lowest BCUT2D eigenvalue weighted by Gasteiger charge is -2.20. The first-order chi connectivity index (χ1) is 8.43. The van der Waals surface area contributed by atoms with Gasteiger partial charge in [-0.15, -0.1) is 12.4 Å². The van der Waals surface area contributed by atoms with Gasteiger partial charge in [0.25, 0.3) is 0 Å². The van der Waals surface area contributed by atoms with Gasteiger partial charge in [-0.25, -0.2) is 4.98 Å². The van der Waals surface area contributed by atoms with E-state index < -0.39 is 0 Å². The van der Waals surface area contributed by atoms with Crippen LogP contribution < -0.4 is 5.32 Å². The number of hydrogen-bond donors (Lipinski definition) is 2. The number of imidazole rings is 1. The second-order valence-electron chi connectivity index (χ2n) is 4.59. The number of nitrogens with one attached hydrogen (secondary N) is 2. The highest BCUT2D eigenvalue weighted by Crippen LogP contribution is 2.23. The van der Waals surface area contributed by atoms with Gasteiger partial charge in [0.15, 0.2) is 0 Å². The maximum absolute atomic E-state index is 4.52. The Morgan fingerprint density at radius 1 is 1.17 bits per heavy atom. The van der Waals surface area contributed by atoms with Crippen molar-refractivity contribution < 1.29 is 0 Å². The molecule has 2 heterocycles. The number of benzene rings is 1. The molecule has 4 heteroatoms. The molecule has 0 unspecified atom stereocenters. The SMILES string of the molecule is Cl.c1ccc(-c2cnc([C@H]3CCCNC3)[nH]2)cc1. The monoisotopic (exact) mass is 263 g/mol. The minimum Gasteiger partial charge on any atom is -0.342 e. The fraction of sp³-hybridized carbons (Fsp3) is 0.357. The lowest BCUT2D eigenvalue weighted by molar-refractivity contribution is 0.449. The molecule has 1 saturated heterocycles. The van der Waals surface area contributed by atoms with Crippen LogP contribution in [0.2, 0.25) is 0 Å². The Balaban J connectivity index is 0.00000120. The molecule has 3 rings (SSSR count). The smallest absolute Gasteiger partial charge is 0.110 e. The van der Waals surface area contributed by atoms with Crippen LogP contribution in [0, 0.1) is 0 Å². The van der Waals surface area contributed by atoms with Gasteiger partial charge in [0.05, 0.1) is 11.9 Å². The molecule has 18 heavy (non-hydrogen) atoms. The third-order valence-electron chi connectivity index (χ3n) is 3.36. The van der Waals surface area contributed by atoms with Crippen molar-refractivity contribution in [1.82, 2.24) is 15.3 Å². The van der Waals surface area contributed by atoms with E-state index in [9.17, 15) is 0 Å². The Bertz CT molecular complexity index is 475. The topological polar surface area (TPSA) is 40.7 Å². The number of halogens is 1. The molecule has 0 radical (unpaired) electrons. The molecule has 0 saturated carbocycles. The van der Waals surface area contributed by atoms with Gasteiger partial charge in [0.1, 0.15) is 5.82 Å². The van der Waals surface area contributed by atoms with Gasteiger partial charge in [-0.1, -0.05) is 30.3 Å². The van der Waals surface area contributed by atoms with Crippen molar-refractivity contribution >= 4 is 12.4 Å². The first kappa shape index (κ1) is 13.1. The molecular formula is C14H18ClN3. The second-order valence-corrected chi connectivity index (χ2v) is 4.59. The summed E-state index contributed by atoms with van der Waals surface area (Å²) in [5.41, 5.74) is 2.32. The summed E-state index contributed by atoms with van der Waals surface area (Å²) in [6.07, 6.45) is 4.42. The van der Waals surface area contributed by atoms with Crippen LogP contribution in [-0.2, 0) is 0 Å². The van der Waals surface area contributed by atoms with Gasteiger partial charge >= 0.3 is 0 Å². The van der Waals surface area contributed by atoms with Crippen molar-refractivity contribution in [3.05, 3.63) is 42.4 Å². The summed E-state index contributed by atoms with van der Waals surface area (Å²) in [6, 6.07) is 10.4. The van der Waals surface area contributed by atoms with Crippen LogP contribution in [0.1, 0.15) is 24.6 Å². The van der Waals surface area contributed by atoms with E-state index in [1.165, 1.54) is 18.4 Å². The molecule has 0 spiro atoms. The van der Waals surface area contributed by atoms with E-state index in [0.717, 1.165) is 24.6 Å². The third-order valence-corrected chi connectivity index (χ3v) is 3.36. The summed E-state index contributed by atoms with van der Waals surface area (Å²) in [4.78, 5) is 7.97. The molecule has 0 aliphatic carbocycles. The third kappa shape index (κ3) is 2.74. The molecule has 1 aromatic heterocycles. The van der Waals surface area contributed by atoms with Crippen molar-refractivity contribution in [2.45, 2.75) is 18.8 Å². The summed E-state index contributed by atoms with van der Waals surface area (Å²) in [7, 11) is 0. The number of hydrogen-bond acceptors (Lipinski definition) is 2. The molecule has 3 nitrogen and oxygen atoms in total. The lowest BCUT2D eigenvalue weighted by atomic mass is 9.99. The number of nitrogens with zero attached hydrogens (tertiary/aromatic N) is 1. The second kappa shape index (κ2) is 6.03. The van der Waals surface area contributed by atoms with E-state index >= 15 is 0 Å². The molecular weight excluding hydrogens is 246 g/mol. The zero-order valence-electron chi connectivity index (χ0n) is 10.2. The Morgan fingerprint density at radius 2 is 2.00 bits per heavy atom. The first-order valence-electron chi connectivity index (χ1n) is 6.24. The summed E-state index contributed by atoms with van der Waals surface area (Å²) < 4.78 is 0. The van der Waals surface area contributed by atoms with Crippen LogP contribution >= 0.6 is 12.4 Å². The van der Waals surface area contributed by atoms with Gasteiger partial charge in [-0.3, -0.25) is 0 Å². The molecule has 96 valence electrons. The summed E-state index contributed by atoms with van der Waals surface area (Å²) >= 11 is 0. The Hall–Kier alpha value is -1.32. The Morgan fingerprint density at radius 3 is 2.72 bits per heavy atom. The van der Waals surface area contributed by atoms with E-state index in [-0.39, 0.29) is 12.4 Å². The average Bonchev–Trinajstić information content (AvgIpc) is 2.90. The standard InChI is InChI=1S/C14H17N3.ClH/c1-2-5-11(6-3-1)13-10-16-14(17-13)12-7-4-8-15-9-12;/h1-3,5-6,10,12,15H,4,7-9H2,(H,16,17);1H/t12-;/m0./s1. The maximum atomic E-state index is 4.52. The highest BCUT2D eigenvalue weighted by atomic mass is 35.5. The fourth-order valence-electron chi connectivity index (χ4n) is 2.39. The van der Waals surface area contributed by atoms with E-state index in [2.05, 4.69) is 39.6 Å². The van der Waals surface area contributed by atoms with Crippen LogP contribution in [0.3, 0.4) is 0 Å². The molecule has 0 bridgehead atoms. The quantitative estimate of drug-likeness (QED) is 0.875. The molecule has 2 N–H and O–H groups in total. The van der Waals surface area contributed by atoms with Crippen LogP contribution in [0.15, 0.2) is 36.5 Å². The molecule has 1 fully saturated rings. The number of rotatable bonds is 2. The summed E-state index contributed by atoms with van der Waals surface area (Å²) in [5, 5.41) is 3.42. The molecule has 1 aliphatic heterocycles. The van der Waals surface area contributed by atoms with Crippen molar-refractivity contribution in [1.29, 1.82) is 0 Å². The van der Waals surface area contributed by atoms with Gasteiger partial charge in [-0.05, 0) is 24.9 Å². The van der Waals surface area contributed by atoms with Crippen molar-refractivity contribution in [3.63, 3.8) is 0 Å². The number of H-pyrrole nitrogens is 1. The molecule has 2 aromatic rings. The van der Waals surface area contributed by atoms with E-state index in [1.807, 2.05) is 12.3 Å². The van der Waals surface area contributed by atoms with E-state index in [1.54, 1.807) is 0 Å². The van der Waals surface area contributed by atoms with Crippen LogP contribution in [0.25, 0.3) is 11.3 Å². The lowest BCUT2D eigenvalue weighted by Crippen LogP contribution is -2.28. The largest absolute Gasteiger partial charge is 0.342 e. The summed E-state index contributed by atoms with van der Waals surface area (Å²) in [5.74, 6) is 1.66. The zero-order valence-corrected chi connectivity index (χ0v) is 11.0. The predicted molar refractivity (Wildman–Crippen MR) is 76.1 cm³/mol. The molecule has 1 aliphatic rings. The highest BCUT2D eigenvalue weighted by molar-refractivity contribution is 5.85. The van der Waals surface area contributed by atoms with E-state index in [0.29, 0.717) is 5.92 Å². The van der Waals surface area contributed by atoms with Crippen molar-refractivity contribution in [2.24, 2.45) is 0 Å². The minimum atomic E-state index is 0. The first-order valence-corrected chi connectivity index (χ1v) is 6.24. The Labute approximate surface area is 113 Å². The zero-order chi connectivity index (χ0) is 11.5. The maximum Gasteiger partial charge on any atom is 0.110 e. The predicted octanol–water partition coefficient (Wildman–Crippen LogP) is 2.97. The summed E-state index contributed by atoms with van der Waals surface area (Å²) in [6.45, 7) is 2.19. The fourth-order valence-corrected chi connectivity index (χ4v) is 2.39. The molecule has 0 amide bonds. The van der Waals surface area contributed by atoms with Gasteiger partial charge in [0, 0.05) is 12.5 Å². The number of aromatic nitrogens is 2. The van der Waals surface area contributed by atoms with Crippen molar-refractivity contribution in [3.8, 4) is 11.3 Å². The molecule has 1 atom stereocenters. The minimum absolute atomic E-state index is 0. The normalized spacial score (nSPS) is 19.2. The van der Waals surface area contributed by atoms with E-state index in [4.69, 9.17) is 0 Å². The van der Waals surface area contributed by atoms with Gasteiger partial charge < -0.3 is 10.3 Å². The van der Waals surface area contributed by atoms with Crippen LogP contribution in [0.5, 0.6) is 0 Å². The average molecular weight is 264 g/mol. The van der Waals surface area contributed by atoms with Gasteiger partial charge in [-0.2, -0.15) is 0 Å².